The van der Waals surface area contributed by atoms with Gasteiger partial charge in [0.05, 0.1) is 10.8 Å². The van der Waals surface area contributed by atoms with E-state index < -0.39 is 16.8 Å². The van der Waals surface area contributed by atoms with Gasteiger partial charge in [-0.05, 0) is 30.5 Å². The Labute approximate surface area is 171 Å². The molecule has 158 valence electrons. The normalized spacial score (nSPS) is 16.2. The summed E-state index contributed by atoms with van der Waals surface area (Å²) in [5.74, 6) is 0.345. The van der Waals surface area contributed by atoms with Crippen LogP contribution in [0.15, 0.2) is 24.5 Å². The van der Waals surface area contributed by atoms with Gasteiger partial charge in [0.2, 0.25) is 11.6 Å². The number of carboxylic acids is 1. The quantitative estimate of drug-likeness (QED) is 0.532. The average Bonchev–Trinajstić information content (AvgIpc) is 2.77. The van der Waals surface area contributed by atoms with Gasteiger partial charge in [0.25, 0.3) is 0 Å². The van der Waals surface area contributed by atoms with E-state index in [1.165, 1.54) is 6.33 Å². The van der Waals surface area contributed by atoms with Crippen molar-refractivity contribution >= 4 is 23.3 Å². The monoisotopic (exact) mass is 415 g/mol. The van der Waals surface area contributed by atoms with Crippen LogP contribution >= 0.6 is 0 Å². The number of piperidine rings is 1. The summed E-state index contributed by atoms with van der Waals surface area (Å²) in [7, 11) is 0. The van der Waals surface area contributed by atoms with E-state index in [1.54, 1.807) is 11.0 Å². The molecule has 30 heavy (non-hydrogen) atoms. The number of aliphatic carboxylic acids is 1. The first-order valence-electron chi connectivity index (χ1n) is 9.62. The summed E-state index contributed by atoms with van der Waals surface area (Å²) in [4.78, 5) is 32.4. The van der Waals surface area contributed by atoms with E-state index in [1.807, 2.05) is 12.1 Å². The van der Waals surface area contributed by atoms with Crippen LogP contribution in [0.3, 0.4) is 0 Å². The van der Waals surface area contributed by atoms with Crippen molar-refractivity contribution in [3.63, 3.8) is 0 Å². The number of benzene rings is 1. The van der Waals surface area contributed by atoms with Crippen LogP contribution in [0.2, 0.25) is 0 Å². The molecule has 0 atom stereocenters. The zero-order valence-electron chi connectivity index (χ0n) is 16.1. The van der Waals surface area contributed by atoms with Crippen LogP contribution in [0.25, 0.3) is 0 Å². The molecule has 0 spiro atoms. The Morgan fingerprint density at radius 3 is 2.67 bits per heavy atom. The minimum atomic E-state index is -0.839. The van der Waals surface area contributed by atoms with Gasteiger partial charge in [-0.15, -0.1) is 0 Å². The maximum absolute atomic E-state index is 11.8. The van der Waals surface area contributed by atoms with Crippen molar-refractivity contribution in [2.75, 3.05) is 36.5 Å². The molecule has 1 saturated heterocycles. The summed E-state index contributed by atoms with van der Waals surface area (Å²) < 4.78 is 11.1. The Kier molecular flexibility index (Phi) is 5.50. The fourth-order valence-corrected chi connectivity index (χ4v) is 3.62. The molecule has 11 heteroatoms. The molecule has 3 heterocycles. The first kappa shape index (κ1) is 19.7. The second-order valence-electron chi connectivity index (χ2n) is 7.08. The first-order chi connectivity index (χ1) is 14.5. The molecule has 2 aromatic rings. The molecule has 2 N–H and O–H groups in total. The topological polar surface area (TPSA) is 140 Å². The summed E-state index contributed by atoms with van der Waals surface area (Å²) in [6.45, 7) is 2.05. The van der Waals surface area contributed by atoms with E-state index in [0.29, 0.717) is 57.2 Å². The molecule has 0 bridgehead atoms. The van der Waals surface area contributed by atoms with E-state index in [-0.39, 0.29) is 17.3 Å². The molecule has 0 amide bonds. The van der Waals surface area contributed by atoms with Gasteiger partial charge < -0.3 is 24.8 Å². The van der Waals surface area contributed by atoms with E-state index in [0.717, 1.165) is 5.56 Å². The van der Waals surface area contributed by atoms with Gasteiger partial charge in [0.1, 0.15) is 19.5 Å². The van der Waals surface area contributed by atoms with Crippen molar-refractivity contribution in [3.05, 3.63) is 40.2 Å². The summed E-state index contributed by atoms with van der Waals surface area (Å²) >= 11 is 0. The predicted octanol–water partition coefficient (Wildman–Crippen LogP) is 2.07. The number of nitrogens with zero attached hydrogens (tertiary/aromatic N) is 4. The third-order valence-electron chi connectivity index (χ3n) is 5.20. The van der Waals surface area contributed by atoms with Crippen LogP contribution in [0.4, 0.5) is 17.3 Å². The number of nitrogens with one attached hydrogen (secondary N) is 1. The smallest absolute Gasteiger partial charge is 0.353 e. The lowest BCUT2D eigenvalue weighted by Gasteiger charge is -2.30. The summed E-state index contributed by atoms with van der Waals surface area (Å²) in [6, 6.07) is 5.48. The molecule has 0 radical (unpaired) electrons. The minimum Gasteiger partial charge on any atom is -0.486 e. The second kappa shape index (κ2) is 8.39. The van der Waals surface area contributed by atoms with E-state index in [9.17, 15) is 14.9 Å². The van der Waals surface area contributed by atoms with Crippen molar-refractivity contribution in [2.45, 2.75) is 19.4 Å². The van der Waals surface area contributed by atoms with Gasteiger partial charge in [0.15, 0.2) is 11.5 Å². The first-order valence-corrected chi connectivity index (χ1v) is 9.62. The highest BCUT2D eigenvalue weighted by atomic mass is 16.6. The van der Waals surface area contributed by atoms with E-state index in [2.05, 4.69) is 15.3 Å². The standard InChI is InChI=1S/C19H21N5O6/c25-19(26)13-3-5-23(6-4-13)18-16(24(27)28)17(21-11-22-18)20-10-12-1-2-14-15(9-12)30-8-7-29-14/h1-2,9,11,13H,3-8,10H2,(H,25,26)(H,20,21,22). The van der Waals surface area contributed by atoms with Crippen molar-refractivity contribution in [1.82, 2.24) is 9.97 Å². The Bertz CT molecular complexity index is 960. The molecular formula is C19H21N5O6. The number of aromatic nitrogens is 2. The van der Waals surface area contributed by atoms with Gasteiger partial charge in [-0.25, -0.2) is 9.97 Å². The Morgan fingerprint density at radius 2 is 1.97 bits per heavy atom. The summed E-state index contributed by atoms with van der Waals surface area (Å²) in [5, 5.41) is 24.0. The second-order valence-corrected chi connectivity index (χ2v) is 7.08. The van der Waals surface area contributed by atoms with Crippen LogP contribution < -0.4 is 19.7 Å². The van der Waals surface area contributed by atoms with Crippen LogP contribution in [0, 0.1) is 16.0 Å². The number of carbonyl (C=O) groups is 1. The number of hydrogen-bond donors (Lipinski definition) is 2. The molecule has 1 aromatic heterocycles. The lowest BCUT2D eigenvalue weighted by Crippen LogP contribution is -2.37. The van der Waals surface area contributed by atoms with Gasteiger partial charge in [-0.2, -0.15) is 0 Å². The maximum Gasteiger partial charge on any atom is 0.353 e. The Hall–Kier alpha value is -3.63. The molecule has 2 aliphatic rings. The fraction of sp³-hybridized carbons (Fsp3) is 0.421. The largest absolute Gasteiger partial charge is 0.486 e. The van der Waals surface area contributed by atoms with Gasteiger partial charge >= 0.3 is 11.7 Å². The van der Waals surface area contributed by atoms with Crippen LogP contribution in [-0.4, -0.2) is 52.3 Å². The van der Waals surface area contributed by atoms with Gasteiger partial charge in [-0.1, -0.05) is 6.07 Å². The number of ether oxygens (including phenoxy) is 2. The highest BCUT2D eigenvalue weighted by molar-refractivity contribution is 5.72. The van der Waals surface area contributed by atoms with Crippen molar-refractivity contribution in [1.29, 1.82) is 0 Å². The average molecular weight is 415 g/mol. The minimum absolute atomic E-state index is 0.111. The molecule has 11 nitrogen and oxygen atoms in total. The third kappa shape index (κ3) is 4.04. The summed E-state index contributed by atoms with van der Waals surface area (Å²) in [6.07, 6.45) is 2.10. The van der Waals surface area contributed by atoms with Crippen LogP contribution in [-0.2, 0) is 11.3 Å². The number of hydrogen-bond acceptors (Lipinski definition) is 9. The third-order valence-corrected chi connectivity index (χ3v) is 5.20. The van der Waals surface area contributed by atoms with Crippen molar-refractivity contribution in [2.24, 2.45) is 5.92 Å². The number of fused-ring (bicyclic) bond motifs is 1. The lowest BCUT2D eigenvalue weighted by molar-refractivity contribution is -0.383. The predicted molar refractivity (Wildman–Crippen MR) is 106 cm³/mol. The number of rotatable bonds is 6. The van der Waals surface area contributed by atoms with Crippen molar-refractivity contribution < 1.29 is 24.3 Å². The molecule has 1 aromatic carbocycles. The van der Waals surface area contributed by atoms with Gasteiger partial charge in [0, 0.05) is 19.6 Å². The summed E-state index contributed by atoms with van der Waals surface area (Å²) in [5.41, 5.74) is 0.639. The number of carboxylic acid groups (broad SMARTS) is 1. The Balaban J connectivity index is 1.52. The zero-order chi connectivity index (χ0) is 21.1. The van der Waals surface area contributed by atoms with E-state index >= 15 is 0 Å². The molecule has 0 aliphatic carbocycles. The number of nitro groups is 1. The molecule has 0 unspecified atom stereocenters. The highest BCUT2D eigenvalue weighted by Crippen LogP contribution is 2.35. The molecule has 4 rings (SSSR count). The van der Waals surface area contributed by atoms with Crippen molar-refractivity contribution in [3.8, 4) is 11.5 Å². The Morgan fingerprint density at radius 1 is 1.23 bits per heavy atom. The molecule has 2 aliphatic heterocycles. The lowest BCUT2D eigenvalue weighted by atomic mass is 9.97. The van der Waals surface area contributed by atoms with Crippen LogP contribution in [0.1, 0.15) is 18.4 Å². The highest BCUT2D eigenvalue weighted by Gasteiger charge is 2.31. The molecule has 1 fully saturated rings. The number of anilines is 2. The molecular weight excluding hydrogens is 394 g/mol. The van der Waals surface area contributed by atoms with E-state index in [4.69, 9.17) is 14.6 Å². The van der Waals surface area contributed by atoms with Gasteiger partial charge in [-0.3, -0.25) is 14.9 Å². The SMILES string of the molecule is O=C(O)C1CCN(c2ncnc(NCc3ccc4c(c3)OCCO4)c2[N+](=O)[O-])CC1. The maximum atomic E-state index is 11.8. The van der Waals surface area contributed by atoms with Crippen LogP contribution in [0.5, 0.6) is 11.5 Å². The zero-order valence-corrected chi connectivity index (χ0v) is 16.1. The fourth-order valence-electron chi connectivity index (χ4n) is 3.62. The molecule has 0 saturated carbocycles.